The summed E-state index contributed by atoms with van der Waals surface area (Å²) in [6, 6.07) is 7.38. The Labute approximate surface area is 151 Å². The summed E-state index contributed by atoms with van der Waals surface area (Å²) in [5, 5.41) is 0. The van der Waals surface area contributed by atoms with Gasteiger partial charge in [-0.25, -0.2) is 9.59 Å². The van der Waals surface area contributed by atoms with Crippen LogP contribution in [0.2, 0.25) is 0 Å². The summed E-state index contributed by atoms with van der Waals surface area (Å²) in [6.07, 6.45) is 5.40. The molecule has 2 saturated heterocycles. The Bertz CT molecular complexity index is 798. The zero-order valence-corrected chi connectivity index (χ0v) is 14.9. The quantitative estimate of drug-likeness (QED) is 0.847. The van der Waals surface area contributed by atoms with Crippen LogP contribution in [0.5, 0.6) is 0 Å². The predicted octanol–water partition coefficient (Wildman–Crippen LogP) is 1.97. The molecular formula is C19H23N3O4. The molecule has 4 heterocycles. The van der Waals surface area contributed by atoms with Gasteiger partial charge in [-0.2, -0.15) is 0 Å². The summed E-state index contributed by atoms with van der Waals surface area (Å²) in [5.41, 5.74) is 1.01. The predicted molar refractivity (Wildman–Crippen MR) is 93.8 cm³/mol. The van der Waals surface area contributed by atoms with Gasteiger partial charge in [-0.05, 0) is 31.3 Å². The lowest BCUT2D eigenvalue weighted by atomic mass is 10.00. The third-order valence-electron chi connectivity index (χ3n) is 5.57. The third kappa shape index (κ3) is 3.03. The number of rotatable bonds is 4. The standard InChI is InChI=1S/C19H23N3O4/c1-21-8-4-6-15(21)19(24)26-17-10-12-9-13(11-16(17)22(12)2)25-18(23)14-5-3-7-20-14/h3-8,12-13,16-17,20H,9-11H2,1-2H3. The van der Waals surface area contributed by atoms with Crippen LogP contribution in [0.3, 0.4) is 0 Å². The lowest BCUT2D eigenvalue weighted by Gasteiger charge is -2.36. The molecule has 2 aromatic rings. The topological polar surface area (TPSA) is 76.6 Å². The molecule has 0 amide bonds. The van der Waals surface area contributed by atoms with E-state index in [0.29, 0.717) is 17.8 Å². The minimum Gasteiger partial charge on any atom is -0.458 e. The van der Waals surface area contributed by atoms with E-state index >= 15 is 0 Å². The number of carbonyl (C=O) groups is 2. The molecule has 4 rings (SSSR count). The number of piperidine rings is 1. The van der Waals surface area contributed by atoms with E-state index in [0.717, 1.165) is 12.8 Å². The first-order valence-electron chi connectivity index (χ1n) is 8.91. The van der Waals surface area contributed by atoms with E-state index in [1.54, 1.807) is 29.0 Å². The molecule has 0 radical (unpaired) electrons. The van der Waals surface area contributed by atoms with E-state index in [2.05, 4.69) is 16.9 Å². The van der Waals surface area contributed by atoms with Gasteiger partial charge in [0.2, 0.25) is 0 Å². The van der Waals surface area contributed by atoms with Gasteiger partial charge in [0.1, 0.15) is 23.6 Å². The zero-order chi connectivity index (χ0) is 18.3. The Morgan fingerprint density at radius 3 is 2.62 bits per heavy atom. The van der Waals surface area contributed by atoms with Gasteiger partial charge >= 0.3 is 11.9 Å². The van der Waals surface area contributed by atoms with E-state index in [1.165, 1.54) is 0 Å². The zero-order valence-electron chi connectivity index (χ0n) is 14.9. The number of aromatic amines is 1. The van der Waals surface area contributed by atoms with Crippen molar-refractivity contribution in [3.63, 3.8) is 0 Å². The third-order valence-corrected chi connectivity index (χ3v) is 5.57. The van der Waals surface area contributed by atoms with Gasteiger partial charge in [-0.1, -0.05) is 0 Å². The average molecular weight is 357 g/mol. The van der Waals surface area contributed by atoms with Crippen LogP contribution in [0, 0.1) is 0 Å². The molecule has 0 saturated carbocycles. The summed E-state index contributed by atoms with van der Waals surface area (Å²) in [6.45, 7) is 0. The van der Waals surface area contributed by atoms with E-state index in [4.69, 9.17) is 9.47 Å². The Balaban J connectivity index is 1.41. The molecule has 1 N–H and O–H groups in total. The first kappa shape index (κ1) is 16.9. The van der Waals surface area contributed by atoms with E-state index < -0.39 is 0 Å². The van der Waals surface area contributed by atoms with Crippen molar-refractivity contribution in [3.05, 3.63) is 48.0 Å². The molecule has 7 nitrogen and oxygen atoms in total. The highest BCUT2D eigenvalue weighted by Gasteiger charge is 2.48. The minimum absolute atomic E-state index is 0.0689. The number of hydrogen-bond donors (Lipinski definition) is 1. The summed E-state index contributed by atoms with van der Waals surface area (Å²) < 4.78 is 13.2. The van der Waals surface area contributed by atoms with Crippen LogP contribution in [0.15, 0.2) is 36.7 Å². The number of nitrogens with zero attached hydrogens (tertiary/aromatic N) is 2. The Hall–Kier alpha value is -2.54. The monoisotopic (exact) mass is 357 g/mol. The number of carbonyl (C=O) groups excluding carboxylic acids is 2. The second kappa shape index (κ2) is 6.64. The molecule has 2 fully saturated rings. The van der Waals surface area contributed by atoms with Gasteiger partial charge in [0.25, 0.3) is 0 Å². The molecule has 4 atom stereocenters. The van der Waals surface area contributed by atoms with Gasteiger partial charge in [-0.3, -0.25) is 4.90 Å². The maximum absolute atomic E-state index is 12.4. The molecule has 7 heteroatoms. The number of aryl methyl sites for hydroxylation is 1. The molecule has 2 aromatic heterocycles. The van der Waals surface area contributed by atoms with E-state index in [-0.39, 0.29) is 36.2 Å². The molecule has 138 valence electrons. The smallest absolute Gasteiger partial charge is 0.355 e. The number of ether oxygens (including phenoxy) is 2. The number of nitrogens with one attached hydrogen (secondary N) is 1. The van der Waals surface area contributed by atoms with Crippen molar-refractivity contribution in [3.8, 4) is 0 Å². The molecule has 0 spiro atoms. The largest absolute Gasteiger partial charge is 0.458 e. The highest BCUT2D eigenvalue weighted by Crippen LogP contribution is 2.38. The SMILES string of the molecule is CN1C2CC(OC(=O)c3ccc[nH]3)CC1C(OC(=O)c1cccn1C)C2. The molecule has 0 aliphatic carbocycles. The van der Waals surface area contributed by atoms with Gasteiger partial charge in [-0.15, -0.1) is 0 Å². The number of aromatic nitrogens is 2. The van der Waals surface area contributed by atoms with Crippen molar-refractivity contribution in [2.75, 3.05) is 7.05 Å². The van der Waals surface area contributed by atoms with Crippen LogP contribution in [0.4, 0.5) is 0 Å². The Kier molecular flexibility index (Phi) is 4.32. The Morgan fingerprint density at radius 2 is 1.92 bits per heavy atom. The maximum Gasteiger partial charge on any atom is 0.355 e. The first-order valence-corrected chi connectivity index (χ1v) is 8.91. The molecule has 2 aliphatic rings. The average Bonchev–Trinajstić information content (AvgIpc) is 3.30. The van der Waals surface area contributed by atoms with Crippen LogP contribution in [0.1, 0.15) is 40.2 Å². The number of fused-ring (bicyclic) bond motifs is 2. The van der Waals surface area contributed by atoms with Crippen molar-refractivity contribution in [2.24, 2.45) is 7.05 Å². The van der Waals surface area contributed by atoms with Gasteiger partial charge in [0, 0.05) is 44.7 Å². The highest BCUT2D eigenvalue weighted by atomic mass is 16.6. The Morgan fingerprint density at radius 1 is 1.08 bits per heavy atom. The summed E-state index contributed by atoms with van der Waals surface area (Å²) in [5.74, 6) is -0.635. The number of H-pyrrole nitrogens is 1. The minimum atomic E-state index is -0.332. The lowest BCUT2D eigenvalue weighted by Crippen LogP contribution is -2.46. The van der Waals surface area contributed by atoms with Crippen LogP contribution in [0.25, 0.3) is 0 Å². The maximum atomic E-state index is 12.4. The van der Waals surface area contributed by atoms with Crippen LogP contribution in [-0.2, 0) is 16.5 Å². The second-order valence-electron chi connectivity index (χ2n) is 7.15. The number of likely N-dealkylation sites (N-methyl/N-ethyl adjacent to an activating group) is 1. The van der Waals surface area contributed by atoms with Crippen molar-refractivity contribution in [1.82, 2.24) is 14.5 Å². The molecule has 4 unspecified atom stereocenters. The van der Waals surface area contributed by atoms with Crippen molar-refractivity contribution >= 4 is 11.9 Å². The fraction of sp³-hybridized carbons (Fsp3) is 0.474. The molecule has 2 bridgehead atoms. The van der Waals surface area contributed by atoms with Crippen LogP contribution < -0.4 is 0 Å². The second-order valence-corrected chi connectivity index (χ2v) is 7.15. The fourth-order valence-corrected chi connectivity index (χ4v) is 4.14. The number of esters is 2. The normalized spacial score (nSPS) is 28.1. The van der Waals surface area contributed by atoms with Crippen LogP contribution in [-0.4, -0.2) is 57.7 Å². The summed E-state index contributed by atoms with van der Waals surface area (Å²) in [7, 11) is 3.88. The fourth-order valence-electron chi connectivity index (χ4n) is 4.14. The lowest BCUT2D eigenvalue weighted by molar-refractivity contribution is -0.0157. The molecule has 2 aliphatic heterocycles. The van der Waals surface area contributed by atoms with Crippen molar-refractivity contribution in [1.29, 1.82) is 0 Å². The molecule has 26 heavy (non-hydrogen) atoms. The van der Waals surface area contributed by atoms with Crippen molar-refractivity contribution < 1.29 is 19.1 Å². The van der Waals surface area contributed by atoms with E-state index in [1.807, 2.05) is 19.3 Å². The van der Waals surface area contributed by atoms with Gasteiger partial charge in [0.05, 0.1) is 6.04 Å². The highest BCUT2D eigenvalue weighted by molar-refractivity contribution is 5.88. The summed E-state index contributed by atoms with van der Waals surface area (Å²) >= 11 is 0. The van der Waals surface area contributed by atoms with Gasteiger partial charge in [0.15, 0.2) is 0 Å². The summed E-state index contributed by atoms with van der Waals surface area (Å²) in [4.78, 5) is 29.8. The first-order chi connectivity index (χ1) is 12.5. The molecular weight excluding hydrogens is 334 g/mol. The molecule has 0 aromatic carbocycles. The van der Waals surface area contributed by atoms with Gasteiger partial charge < -0.3 is 19.0 Å². The number of hydrogen-bond acceptors (Lipinski definition) is 5. The van der Waals surface area contributed by atoms with Crippen LogP contribution >= 0.6 is 0 Å². The van der Waals surface area contributed by atoms with E-state index in [9.17, 15) is 9.59 Å². The van der Waals surface area contributed by atoms with Crippen molar-refractivity contribution in [2.45, 2.75) is 43.6 Å².